The fraction of sp³-hybridized carbons (Fsp3) is 0.353. The monoisotopic (exact) mass is 251 g/mol. The largest absolute Gasteiger partial charge is 0.388 e. The second-order valence-corrected chi connectivity index (χ2v) is 5.86. The van der Waals surface area contributed by atoms with Crippen molar-refractivity contribution in [3.8, 4) is 0 Å². The first-order valence-corrected chi connectivity index (χ1v) is 6.99. The summed E-state index contributed by atoms with van der Waals surface area (Å²) in [5, 5.41) is 11.1. The van der Waals surface area contributed by atoms with Gasteiger partial charge in [0, 0.05) is 30.7 Å². The van der Waals surface area contributed by atoms with Crippen molar-refractivity contribution in [3.05, 3.63) is 65.0 Å². The lowest BCUT2D eigenvalue weighted by molar-refractivity contribution is 0.0212. The third kappa shape index (κ3) is 1.63. The Morgan fingerprint density at radius 3 is 2.42 bits per heavy atom. The van der Waals surface area contributed by atoms with Crippen LogP contribution in [-0.4, -0.2) is 15.7 Å². The minimum absolute atomic E-state index is 0.191. The lowest BCUT2D eigenvalue weighted by Crippen LogP contribution is -2.36. The smallest absolute Gasteiger partial charge is 0.0811 e. The maximum absolute atomic E-state index is 11.1. The molecule has 0 saturated carbocycles. The van der Waals surface area contributed by atoms with E-state index in [4.69, 9.17) is 0 Å². The molecule has 96 valence electrons. The molecule has 1 heterocycles. The number of pyridine rings is 1. The molecular formula is C17H17NO. The Hall–Kier alpha value is -1.67. The third-order valence-electron chi connectivity index (χ3n) is 4.72. The number of hydrogen-bond donors (Lipinski definition) is 1. The molecule has 1 atom stereocenters. The van der Waals surface area contributed by atoms with Gasteiger partial charge in [0.05, 0.1) is 5.60 Å². The first kappa shape index (κ1) is 11.2. The van der Waals surface area contributed by atoms with E-state index in [9.17, 15) is 5.11 Å². The van der Waals surface area contributed by atoms with Gasteiger partial charge in [0.15, 0.2) is 0 Å². The number of aryl methyl sites for hydroxylation is 1. The van der Waals surface area contributed by atoms with Gasteiger partial charge in [-0.1, -0.05) is 30.3 Å². The second kappa shape index (κ2) is 3.91. The molecule has 0 saturated heterocycles. The van der Waals surface area contributed by atoms with Gasteiger partial charge in [0.1, 0.15) is 0 Å². The molecule has 4 rings (SSSR count). The Bertz CT molecular complexity index is 610. The number of nitrogens with zero attached hydrogens (tertiary/aromatic N) is 1. The number of aliphatic hydroxyl groups is 1. The molecule has 2 heteroatoms. The summed E-state index contributed by atoms with van der Waals surface area (Å²) in [6, 6.07) is 12.5. The average Bonchev–Trinajstić information content (AvgIpc) is 2.98. The van der Waals surface area contributed by atoms with Crippen molar-refractivity contribution in [3.63, 3.8) is 0 Å². The van der Waals surface area contributed by atoms with E-state index in [1.54, 1.807) is 0 Å². The molecule has 0 bridgehead atoms. The van der Waals surface area contributed by atoms with E-state index in [2.05, 4.69) is 35.3 Å². The summed E-state index contributed by atoms with van der Waals surface area (Å²) in [6.45, 7) is 0. The molecule has 1 unspecified atom stereocenters. The van der Waals surface area contributed by atoms with Crippen LogP contribution in [0.5, 0.6) is 0 Å². The zero-order chi connectivity index (χ0) is 12.9. The Balaban J connectivity index is 1.72. The van der Waals surface area contributed by atoms with Crippen molar-refractivity contribution >= 4 is 0 Å². The first-order valence-electron chi connectivity index (χ1n) is 6.99. The maximum Gasteiger partial charge on any atom is 0.0811 e. The molecule has 1 aromatic carbocycles. The molecule has 0 radical (unpaired) electrons. The summed E-state index contributed by atoms with van der Waals surface area (Å²) in [5.74, 6) is 0.191. The molecule has 19 heavy (non-hydrogen) atoms. The van der Waals surface area contributed by atoms with Gasteiger partial charge in [0.25, 0.3) is 0 Å². The molecular weight excluding hydrogens is 234 g/mol. The molecule has 2 aliphatic rings. The Labute approximate surface area is 113 Å². The zero-order valence-corrected chi connectivity index (χ0v) is 10.8. The fourth-order valence-corrected chi connectivity index (χ4v) is 3.81. The summed E-state index contributed by atoms with van der Waals surface area (Å²) in [5.41, 5.74) is 4.40. The number of benzene rings is 1. The molecule has 2 aromatic rings. The minimum Gasteiger partial charge on any atom is -0.388 e. The van der Waals surface area contributed by atoms with Gasteiger partial charge in [-0.2, -0.15) is 0 Å². The van der Waals surface area contributed by atoms with Crippen LogP contribution in [0.15, 0.2) is 42.6 Å². The van der Waals surface area contributed by atoms with Gasteiger partial charge in [-0.25, -0.2) is 0 Å². The molecule has 0 fully saturated rings. The quantitative estimate of drug-likeness (QED) is 0.845. The number of fused-ring (bicyclic) bond motifs is 2. The van der Waals surface area contributed by atoms with Crippen molar-refractivity contribution in [1.82, 2.24) is 4.98 Å². The lowest BCUT2D eigenvalue weighted by Gasteiger charge is -2.29. The van der Waals surface area contributed by atoms with Crippen LogP contribution >= 0.6 is 0 Å². The van der Waals surface area contributed by atoms with Crippen molar-refractivity contribution in [2.45, 2.75) is 37.2 Å². The van der Waals surface area contributed by atoms with Gasteiger partial charge in [-0.15, -0.1) is 0 Å². The van der Waals surface area contributed by atoms with Crippen molar-refractivity contribution in [2.24, 2.45) is 0 Å². The standard InChI is InChI=1S/C17H17NO/c19-17(10-13-4-1-2-5-14(13)11-17)15-8-7-12-6-3-9-18-16(12)15/h1-6,9,15,19H,7-8,10-11H2. The van der Waals surface area contributed by atoms with E-state index in [0.717, 1.165) is 31.4 Å². The van der Waals surface area contributed by atoms with Gasteiger partial charge in [0.2, 0.25) is 0 Å². The average molecular weight is 251 g/mol. The van der Waals surface area contributed by atoms with Crippen molar-refractivity contribution in [1.29, 1.82) is 0 Å². The Morgan fingerprint density at radius 1 is 1.00 bits per heavy atom. The van der Waals surface area contributed by atoms with Crippen LogP contribution in [-0.2, 0) is 19.3 Å². The van der Waals surface area contributed by atoms with Gasteiger partial charge >= 0.3 is 0 Å². The summed E-state index contributed by atoms with van der Waals surface area (Å²) in [4.78, 5) is 4.53. The van der Waals surface area contributed by atoms with Crippen LogP contribution in [0.25, 0.3) is 0 Å². The molecule has 0 spiro atoms. The highest BCUT2D eigenvalue weighted by Crippen LogP contribution is 2.45. The minimum atomic E-state index is -0.636. The summed E-state index contributed by atoms with van der Waals surface area (Å²) in [6.07, 6.45) is 5.46. The highest BCUT2D eigenvalue weighted by Gasteiger charge is 2.45. The molecule has 1 aromatic heterocycles. The van der Waals surface area contributed by atoms with Crippen LogP contribution < -0.4 is 0 Å². The molecule has 1 N–H and O–H groups in total. The van der Waals surface area contributed by atoms with E-state index in [0.29, 0.717) is 0 Å². The van der Waals surface area contributed by atoms with Gasteiger partial charge in [-0.05, 0) is 35.6 Å². The predicted molar refractivity (Wildman–Crippen MR) is 74.1 cm³/mol. The van der Waals surface area contributed by atoms with Gasteiger partial charge < -0.3 is 5.11 Å². The van der Waals surface area contributed by atoms with Crippen molar-refractivity contribution < 1.29 is 5.11 Å². The lowest BCUT2D eigenvalue weighted by atomic mass is 9.83. The topological polar surface area (TPSA) is 33.1 Å². The number of hydrogen-bond acceptors (Lipinski definition) is 2. The zero-order valence-electron chi connectivity index (χ0n) is 10.8. The summed E-state index contributed by atoms with van der Waals surface area (Å²) >= 11 is 0. The van der Waals surface area contributed by atoms with Crippen LogP contribution in [0.2, 0.25) is 0 Å². The molecule has 0 aliphatic heterocycles. The summed E-state index contributed by atoms with van der Waals surface area (Å²) < 4.78 is 0. The highest BCUT2D eigenvalue weighted by atomic mass is 16.3. The SMILES string of the molecule is OC1(C2CCc3cccnc32)Cc2ccccc2C1. The van der Waals surface area contributed by atoms with E-state index >= 15 is 0 Å². The second-order valence-electron chi connectivity index (χ2n) is 5.86. The summed E-state index contributed by atoms with van der Waals surface area (Å²) in [7, 11) is 0. The number of rotatable bonds is 1. The van der Waals surface area contributed by atoms with Crippen molar-refractivity contribution in [2.75, 3.05) is 0 Å². The van der Waals surface area contributed by atoms with E-state index in [1.807, 2.05) is 12.3 Å². The fourth-order valence-electron chi connectivity index (χ4n) is 3.81. The normalized spacial score (nSPS) is 23.1. The van der Waals surface area contributed by atoms with Crippen LogP contribution in [0.4, 0.5) is 0 Å². The van der Waals surface area contributed by atoms with Crippen LogP contribution in [0, 0.1) is 0 Å². The van der Waals surface area contributed by atoms with Gasteiger partial charge in [-0.3, -0.25) is 4.98 Å². The third-order valence-corrected chi connectivity index (χ3v) is 4.72. The van der Waals surface area contributed by atoms with E-state index < -0.39 is 5.60 Å². The highest BCUT2D eigenvalue weighted by molar-refractivity contribution is 5.40. The Morgan fingerprint density at radius 2 is 1.68 bits per heavy atom. The Kier molecular flexibility index (Phi) is 2.30. The molecule has 0 amide bonds. The van der Waals surface area contributed by atoms with Crippen LogP contribution in [0.1, 0.15) is 34.7 Å². The van der Waals surface area contributed by atoms with E-state index in [1.165, 1.54) is 16.7 Å². The number of aromatic nitrogens is 1. The predicted octanol–water partition coefficient (Wildman–Crippen LogP) is 2.64. The van der Waals surface area contributed by atoms with Crippen LogP contribution in [0.3, 0.4) is 0 Å². The van der Waals surface area contributed by atoms with E-state index in [-0.39, 0.29) is 5.92 Å². The first-order chi connectivity index (χ1) is 9.26. The maximum atomic E-state index is 11.1. The molecule has 2 nitrogen and oxygen atoms in total. The molecule has 2 aliphatic carbocycles.